The van der Waals surface area contributed by atoms with Gasteiger partial charge in [0.15, 0.2) is 5.76 Å². The first-order chi connectivity index (χ1) is 18.9. The van der Waals surface area contributed by atoms with Gasteiger partial charge in [0.05, 0.1) is 28.3 Å². The maximum absolute atomic E-state index is 13.3. The van der Waals surface area contributed by atoms with Crippen LogP contribution in [0.3, 0.4) is 0 Å². The largest absolute Gasteiger partial charge is 0.461 e. The van der Waals surface area contributed by atoms with Gasteiger partial charge in [-0.25, -0.2) is 9.78 Å². The van der Waals surface area contributed by atoms with Crippen molar-refractivity contribution in [1.29, 1.82) is 0 Å². The molecule has 10 nitrogen and oxygen atoms in total. The number of aromatic nitrogens is 2. The van der Waals surface area contributed by atoms with Gasteiger partial charge in [0.2, 0.25) is 5.82 Å². The van der Waals surface area contributed by atoms with Gasteiger partial charge < -0.3 is 9.15 Å². The number of ether oxygens (including phenoxy) is 1. The zero-order valence-corrected chi connectivity index (χ0v) is 21.5. The molecule has 39 heavy (non-hydrogen) atoms. The Bertz CT molecular complexity index is 1810. The van der Waals surface area contributed by atoms with Gasteiger partial charge in [-0.3, -0.25) is 14.9 Å². The van der Waals surface area contributed by atoms with Gasteiger partial charge in [-0.15, -0.1) is 0 Å². The number of fused-ring (bicyclic) bond motifs is 1. The highest BCUT2D eigenvalue weighted by atomic mass is 79.9. The highest BCUT2D eigenvalue weighted by Crippen LogP contribution is 2.24. The van der Waals surface area contributed by atoms with Crippen molar-refractivity contribution in [3.05, 3.63) is 127 Å². The third kappa shape index (κ3) is 5.73. The van der Waals surface area contributed by atoms with Crippen LogP contribution in [-0.4, -0.2) is 26.8 Å². The zero-order chi connectivity index (χ0) is 27.4. The number of nitro groups is 1. The highest BCUT2D eigenvalue weighted by molar-refractivity contribution is 9.10. The van der Waals surface area contributed by atoms with Crippen LogP contribution in [0.1, 0.15) is 11.1 Å². The third-order valence-electron chi connectivity index (χ3n) is 5.51. The Hall–Kier alpha value is -5.16. The van der Waals surface area contributed by atoms with E-state index in [-0.39, 0.29) is 17.3 Å². The summed E-state index contributed by atoms with van der Waals surface area (Å²) in [6, 6.07) is 20.9. The van der Waals surface area contributed by atoms with E-state index >= 15 is 0 Å². The van der Waals surface area contributed by atoms with Crippen molar-refractivity contribution in [2.45, 2.75) is 0 Å². The molecule has 0 atom stereocenters. The molecule has 0 fully saturated rings. The third-order valence-corrected chi connectivity index (χ3v) is 6.00. The smallest absolute Gasteiger partial charge is 0.336 e. The number of nitro benzene ring substituents is 1. The topological polar surface area (TPSA) is 130 Å². The van der Waals surface area contributed by atoms with E-state index in [9.17, 15) is 19.7 Å². The highest BCUT2D eigenvalue weighted by Gasteiger charge is 2.15. The van der Waals surface area contributed by atoms with Crippen molar-refractivity contribution < 1.29 is 18.9 Å². The zero-order valence-electron chi connectivity index (χ0n) is 19.9. The van der Waals surface area contributed by atoms with Gasteiger partial charge in [-0.1, -0.05) is 28.1 Å². The molecule has 2 heterocycles. The number of hydrogen-bond acceptors (Lipinski definition) is 8. The summed E-state index contributed by atoms with van der Waals surface area (Å²) in [5.41, 5.74) is 1.04. The van der Waals surface area contributed by atoms with Crippen molar-refractivity contribution in [3.63, 3.8) is 0 Å². The average molecular weight is 585 g/mol. The van der Waals surface area contributed by atoms with Crippen LogP contribution < -0.4 is 10.3 Å². The fraction of sp³-hybridized carbons (Fsp3) is 0. The van der Waals surface area contributed by atoms with E-state index in [0.29, 0.717) is 32.3 Å². The number of rotatable bonds is 7. The lowest BCUT2D eigenvalue weighted by Gasteiger charge is -2.09. The maximum atomic E-state index is 13.3. The van der Waals surface area contributed by atoms with E-state index < -0.39 is 16.5 Å². The van der Waals surface area contributed by atoms with Crippen LogP contribution in [-0.2, 0) is 4.79 Å². The fourth-order valence-electron chi connectivity index (χ4n) is 3.64. The van der Waals surface area contributed by atoms with E-state index in [1.54, 1.807) is 54.6 Å². The van der Waals surface area contributed by atoms with Crippen molar-refractivity contribution >= 4 is 50.8 Å². The summed E-state index contributed by atoms with van der Waals surface area (Å²) in [6.45, 7) is 0. The molecule has 0 spiro atoms. The van der Waals surface area contributed by atoms with Crippen molar-refractivity contribution in [3.8, 4) is 17.3 Å². The Morgan fingerprint density at radius 3 is 2.62 bits per heavy atom. The number of para-hydroxylation sites is 1. The molecule has 192 valence electrons. The van der Waals surface area contributed by atoms with E-state index in [1.807, 2.05) is 0 Å². The molecular weight excluding hydrogens is 568 g/mol. The van der Waals surface area contributed by atoms with Crippen molar-refractivity contribution in [2.75, 3.05) is 0 Å². The van der Waals surface area contributed by atoms with Crippen LogP contribution in [0.2, 0.25) is 0 Å². The normalized spacial score (nSPS) is 11.4. The second-order valence-corrected chi connectivity index (χ2v) is 8.99. The predicted molar refractivity (Wildman–Crippen MR) is 149 cm³/mol. The predicted octanol–water partition coefficient (Wildman–Crippen LogP) is 5.83. The van der Waals surface area contributed by atoms with Crippen LogP contribution >= 0.6 is 15.9 Å². The molecule has 0 aliphatic rings. The van der Waals surface area contributed by atoms with Gasteiger partial charge in [0.1, 0.15) is 5.75 Å². The van der Waals surface area contributed by atoms with Gasteiger partial charge in [-0.2, -0.15) is 9.78 Å². The van der Waals surface area contributed by atoms with Crippen LogP contribution in [0.15, 0.2) is 110 Å². The molecule has 0 radical (unpaired) electrons. The molecule has 0 saturated heterocycles. The van der Waals surface area contributed by atoms with Gasteiger partial charge in [0, 0.05) is 28.2 Å². The van der Waals surface area contributed by atoms with Crippen molar-refractivity contribution in [1.82, 2.24) is 9.66 Å². The second-order valence-electron chi connectivity index (χ2n) is 8.08. The Balaban J connectivity index is 1.45. The molecule has 2 aromatic heterocycles. The molecular formula is C28H17BrN4O6. The molecule has 0 amide bonds. The van der Waals surface area contributed by atoms with Crippen LogP contribution in [0.25, 0.3) is 28.6 Å². The summed E-state index contributed by atoms with van der Waals surface area (Å²) in [4.78, 5) is 40.7. The number of non-ortho nitro benzene ring substituents is 1. The molecule has 5 aromatic rings. The van der Waals surface area contributed by atoms with E-state index in [2.05, 4.69) is 26.0 Å². The first-order valence-electron chi connectivity index (χ1n) is 11.4. The quantitative estimate of drug-likeness (QED) is 0.0587. The van der Waals surface area contributed by atoms with Crippen LogP contribution in [0, 0.1) is 10.1 Å². The molecule has 0 unspecified atom stereocenters. The minimum absolute atomic E-state index is 0.0514. The Labute approximate surface area is 228 Å². The number of carbonyl (C=O) groups excluding carboxylic acids is 1. The number of benzene rings is 3. The molecule has 0 aliphatic heterocycles. The minimum Gasteiger partial charge on any atom is -0.461 e. The first kappa shape index (κ1) is 25.5. The number of halogens is 1. The van der Waals surface area contributed by atoms with Gasteiger partial charge >= 0.3 is 5.97 Å². The minimum atomic E-state index is -0.675. The van der Waals surface area contributed by atoms with Crippen molar-refractivity contribution in [2.24, 2.45) is 5.10 Å². The lowest BCUT2D eigenvalue weighted by atomic mass is 10.2. The average Bonchev–Trinajstić information content (AvgIpc) is 3.48. The van der Waals surface area contributed by atoms with E-state index in [0.717, 1.165) is 4.68 Å². The summed E-state index contributed by atoms with van der Waals surface area (Å²) in [6.07, 6.45) is 5.55. The second kappa shape index (κ2) is 11.1. The maximum Gasteiger partial charge on any atom is 0.336 e. The Kier molecular flexibility index (Phi) is 7.23. The van der Waals surface area contributed by atoms with E-state index in [4.69, 9.17) is 9.15 Å². The number of esters is 1. The summed E-state index contributed by atoms with van der Waals surface area (Å²) < 4.78 is 12.8. The van der Waals surface area contributed by atoms with Crippen LogP contribution in [0.5, 0.6) is 5.75 Å². The molecule has 0 bridgehead atoms. The van der Waals surface area contributed by atoms with Gasteiger partial charge in [0.25, 0.3) is 11.2 Å². The number of nitrogens with zero attached hydrogens (tertiary/aromatic N) is 4. The monoisotopic (exact) mass is 584 g/mol. The molecule has 0 saturated carbocycles. The molecule has 11 heteroatoms. The lowest BCUT2D eigenvalue weighted by Crippen LogP contribution is -2.20. The Morgan fingerprint density at radius 1 is 1.08 bits per heavy atom. The fourth-order valence-corrected chi connectivity index (χ4v) is 4.02. The van der Waals surface area contributed by atoms with Gasteiger partial charge in [-0.05, 0) is 66.2 Å². The Morgan fingerprint density at radius 2 is 1.87 bits per heavy atom. The molecule has 0 aliphatic carbocycles. The van der Waals surface area contributed by atoms with Crippen LogP contribution in [0.4, 0.5) is 5.69 Å². The SMILES string of the molecule is O=C(/C=C/c1ccc([N+](=O)[O-])cc1)Oc1ccc(Br)cc1C=Nn1c(-c2ccco2)nc2ccccc2c1=O. The summed E-state index contributed by atoms with van der Waals surface area (Å²) in [5.74, 6) is 0.0829. The number of carbonyl (C=O) groups is 1. The van der Waals surface area contributed by atoms with E-state index in [1.165, 1.54) is 48.9 Å². The lowest BCUT2D eigenvalue weighted by molar-refractivity contribution is -0.384. The molecule has 5 rings (SSSR count). The standard InChI is InChI=1S/C28H17BrN4O6/c29-20-10-13-24(39-26(34)14-9-18-7-11-21(12-8-18)33(36)37)19(16-20)17-30-32-27(25-6-3-15-38-25)31-23-5-2-1-4-22(23)28(32)35/h1-17H/b14-9+,30-17?. The first-order valence-corrected chi connectivity index (χ1v) is 12.2. The summed E-state index contributed by atoms with van der Waals surface area (Å²) >= 11 is 3.40. The number of furan rings is 1. The summed E-state index contributed by atoms with van der Waals surface area (Å²) in [7, 11) is 0. The number of hydrogen-bond donors (Lipinski definition) is 0. The molecule has 0 N–H and O–H groups in total. The molecule has 3 aromatic carbocycles. The summed E-state index contributed by atoms with van der Waals surface area (Å²) in [5, 5.41) is 15.6.